The van der Waals surface area contributed by atoms with E-state index in [4.69, 9.17) is 0 Å². The lowest BCUT2D eigenvalue weighted by Crippen LogP contribution is -2.29. The molecule has 0 saturated carbocycles. The molecule has 0 aliphatic carbocycles. The molecule has 1 saturated heterocycles. The molecule has 1 aromatic rings. The van der Waals surface area contributed by atoms with Gasteiger partial charge in [0.25, 0.3) is 5.91 Å². The van der Waals surface area contributed by atoms with Crippen molar-refractivity contribution in [3.63, 3.8) is 0 Å². The molecule has 2 rings (SSSR count). The number of carbonyl (C=O) groups excluding carboxylic acids is 1. The molecule has 92 valence electrons. The first-order valence-corrected chi connectivity index (χ1v) is 5.82. The molecular weight excluding hydrogens is 216 g/mol. The van der Waals surface area contributed by atoms with E-state index in [1.165, 1.54) is 0 Å². The number of likely N-dealkylation sites (tertiary alicyclic amines) is 1. The summed E-state index contributed by atoms with van der Waals surface area (Å²) in [5, 5.41) is 9.41. The van der Waals surface area contributed by atoms with E-state index in [2.05, 4.69) is 0 Å². The number of anilines is 1. The number of rotatable bonds is 2. The first-order chi connectivity index (χ1) is 8.08. The van der Waals surface area contributed by atoms with Gasteiger partial charge in [0, 0.05) is 38.4 Å². The topological polar surface area (TPSA) is 43.8 Å². The lowest BCUT2D eigenvalue weighted by atomic mass is 10.2. The van der Waals surface area contributed by atoms with E-state index in [1.54, 1.807) is 4.90 Å². The van der Waals surface area contributed by atoms with Crippen molar-refractivity contribution in [1.82, 2.24) is 4.90 Å². The van der Waals surface area contributed by atoms with Crippen molar-refractivity contribution in [2.75, 3.05) is 32.1 Å². The summed E-state index contributed by atoms with van der Waals surface area (Å²) in [4.78, 5) is 15.8. The molecule has 0 radical (unpaired) electrons. The summed E-state index contributed by atoms with van der Waals surface area (Å²) in [6, 6.07) is 7.53. The summed E-state index contributed by atoms with van der Waals surface area (Å²) < 4.78 is 0. The van der Waals surface area contributed by atoms with E-state index >= 15 is 0 Å². The average Bonchev–Trinajstić information content (AvgIpc) is 2.75. The highest BCUT2D eigenvalue weighted by Crippen LogP contribution is 2.16. The molecular formula is C13H18N2O2. The molecule has 1 fully saturated rings. The van der Waals surface area contributed by atoms with Crippen molar-refractivity contribution in [1.29, 1.82) is 0 Å². The largest absolute Gasteiger partial charge is 0.391 e. The van der Waals surface area contributed by atoms with E-state index in [0.29, 0.717) is 25.1 Å². The fraction of sp³-hybridized carbons (Fsp3) is 0.462. The van der Waals surface area contributed by atoms with Crippen molar-refractivity contribution >= 4 is 11.6 Å². The van der Waals surface area contributed by atoms with Crippen LogP contribution < -0.4 is 4.90 Å². The summed E-state index contributed by atoms with van der Waals surface area (Å²) >= 11 is 0. The smallest absolute Gasteiger partial charge is 0.253 e. The van der Waals surface area contributed by atoms with Crippen molar-refractivity contribution < 1.29 is 9.90 Å². The number of carbonyl (C=O) groups is 1. The van der Waals surface area contributed by atoms with Gasteiger partial charge in [-0.1, -0.05) is 0 Å². The number of benzene rings is 1. The van der Waals surface area contributed by atoms with Gasteiger partial charge >= 0.3 is 0 Å². The Bertz CT molecular complexity index is 400. The third-order valence-electron chi connectivity index (χ3n) is 3.08. The molecule has 0 aromatic heterocycles. The predicted molar refractivity (Wildman–Crippen MR) is 67.3 cm³/mol. The van der Waals surface area contributed by atoms with Gasteiger partial charge in [-0.25, -0.2) is 0 Å². The van der Waals surface area contributed by atoms with Crippen LogP contribution >= 0.6 is 0 Å². The third kappa shape index (κ3) is 2.58. The summed E-state index contributed by atoms with van der Waals surface area (Å²) in [6.07, 6.45) is 0.321. The molecule has 1 heterocycles. The van der Waals surface area contributed by atoms with Crippen molar-refractivity contribution in [2.45, 2.75) is 12.5 Å². The van der Waals surface area contributed by atoms with Gasteiger partial charge in [-0.2, -0.15) is 0 Å². The van der Waals surface area contributed by atoms with Crippen molar-refractivity contribution in [3.8, 4) is 0 Å². The highest BCUT2D eigenvalue weighted by molar-refractivity contribution is 5.94. The summed E-state index contributed by atoms with van der Waals surface area (Å²) in [7, 11) is 3.93. The number of nitrogens with zero attached hydrogens (tertiary/aromatic N) is 2. The van der Waals surface area contributed by atoms with Crippen LogP contribution in [0.4, 0.5) is 5.69 Å². The second kappa shape index (κ2) is 4.75. The minimum Gasteiger partial charge on any atom is -0.391 e. The van der Waals surface area contributed by atoms with Gasteiger partial charge in [0.15, 0.2) is 0 Å². The molecule has 4 nitrogen and oxygen atoms in total. The average molecular weight is 234 g/mol. The van der Waals surface area contributed by atoms with E-state index in [-0.39, 0.29) is 12.0 Å². The molecule has 17 heavy (non-hydrogen) atoms. The van der Waals surface area contributed by atoms with Gasteiger partial charge in [0.1, 0.15) is 0 Å². The highest BCUT2D eigenvalue weighted by atomic mass is 16.3. The summed E-state index contributed by atoms with van der Waals surface area (Å²) in [5.41, 5.74) is 1.76. The predicted octanol–water partition coefficient (Wildman–Crippen LogP) is 0.959. The Morgan fingerprint density at radius 2 is 2.00 bits per heavy atom. The summed E-state index contributed by atoms with van der Waals surface area (Å²) in [5.74, 6) is 0.00635. The molecule has 0 bridgehead atoms. The van der Waals surface area contributed by atoms with Crippen LogP contribution in [-0.2, 0) is 0 Å². The van der Waals surface area contributed by atoms with Gasteiger partial charge in [-0.3, -0.25) is 4.79 Å². The highest BCUT2D eigenvalue weighted by Gasteiger charge is 2.25. The Morgan fingerprint density at radius 1 is 1.35 bits per heavy atom. The zero-order valence-electron chi connectivity index (χ0n) is 10.3. The minimum absolute atomic E-state index is 0.00635. The van der Waals surface area contributed by atoms with Crippen molar-refractivity contribution in [2.24, 2.45) is 0 Å². The lowest BCUT2D eigenvalue weighted by Gasteiger charge is -2.17. The molecule has 1 N–H and O–H groups in total. The van der Waals surface area contributed by atoms with Crippen LogP contribution in [0.5, 0.6) is 0 Å². The fourth-order valence-electron chi connectivity index (χ4n) is 2.01. The van der Waals surface area contributed by atoms with Gasteiger partial charge in [-0.05, 0) is 30.7 Å². The minimum atomic E-state index is -0.361. The molecule has 1 atom stereocenters. The van der Waals surface area contributed by atoms with Crippen LogP contribution in [0.2, 0.25) is 0 Å². The van der Waals surface area contributed by atoms with Crippen LogP contribution in [-0.4, -0.2) is 49.2 Å². The Kier molecular flexibility index (Phi) is 3.33. The molecule has 1 aromatic carbocycles. The van der Waals surface area contributed by atoms with Crippen LogP contribution in [0.25, 0.3) is 0 Å². The normalized spacial score (nSPS) is 19.5. The number of hydrogen-bond donors (Lipinski definition) is 1. The second-order valence-corrected chi connectivity index (χ2v) is 4.63. The number of amides is 1. The van der Waals surface area contributed by atoms with Gasteiger partial charge in [0.2, 0.25) is 0 Å². The first-order valence-electron chi connectivity index (χ1n) is 5.82. The monoisotopic (exact) mass is 234 g/mol. The Hall–Kier alpha value is -1.55. The standard InChI is InChI=1S/C13H18N2O2/c1-14(2)11-5-3-10(4-6-11)13(17)15-8-7-12(16)9-15/h3-6,12,16H,7-9H2,1-2H3/t12-/m1/s1. The third-order valence-corrected chi connectivity index (χ3v) is 3.08. The molecule has 1 amide bonds. The Morgan fingerprint density at radius 3 is 2.47 bits per heavy atom. The zero-order valence-corrected chi connectivity index (χ0v) is 10.3. The molecule has 0 unspecified atom stereocenters. The number of aliphatic hydroxyl groups is 1. The maximum absolute atomic E-state index is 12.1. The maximum atomic E-state index is 12.1. The SMILES string of the molecule is CN(C)c1ccc(C(=O)N2CC[C@@H](O)C2)cc1. The van der Waals surface area contributed by atoms with E-state index in [9.17, 15) is 9.90 Å². The Balaban J connectivity index is 2.09. The Labute approximate surface area is 101 Å². The van der Waals surface area contributed by atoms with E-state index < -0.39 is 0 Å². The van der Waals surface area contributed by atoms with Crippen LogP contribution in [0.3, 0.4) is 0 Å². The van der Waals surface area contributed by atoms with Gasteiger partial charge in [-0.15, -0.1) is 0 Å². The van der Waals surface area contributed by atoms with Gasteiger partial charge in [0.05, 0.1) is 6.10 Å². The number of β-amino-alcohol motifs (C(OH)–C–C–N with tert-alkyl or cyclic N) is 1. The fourth-order valence-corrected chi connectivity index (χ4v) is 2.01. The van der Waals surface area contributed by atoms with Gasteiger partial charge < -0.3 is 14.9 Å². The van der Waals surface area contributed by atoms with E-state index in [0.717, 1.165) is 5.69 Å². The van der Waals surface area contributed by atoms with Crippen molar-refractivity contribution in [3.05, 3.63) is 29.8 Å². The quantitative estimate of drug-likeness (QED) is 0.829. The van der Waals surface area contributed by atoms with E-state index in [1.807, 2.05) is 43.3 Å². The summed E-state index contributed by atoms with van der Waals surface area (Å²) in [6.45, 7) is 1.10. The van der Waals surface area contributed by atoms with Crippen LogP contribution in [0, 0.1) is 0 Å². The van der Waals surface area contributed by atoms with Crippen LogP contribution in [0.15, 0.2) is 24.3 Å². The first kappa shape index (κ1) is 11.9. The molecule has 4 heteroatoms. The number of aliphatic hydroxyl groups excluding tert-OH is 1. The molecule has 1 aliphatic rings. The molecule has 1 aliphatic heterocycles. The lowest BCUT2D eigenvalue weighted by molar-refractivity contribution is 0.0765. The maximum Gasteiger partial charge on any atom is 0.253 e. The zero-order chi connectivity index (χ0) is 12.4. The molecule has 0 spiro atoms. The second-order valence-electron chi connectivity index (χ2n) is 4.63. The number of hydrogen-bond acceptors (Lipinski definition) is 3. The van der Waals surface area contributed by atoms with Crippen LogP contribution in [0.1, 0.15) is 16.8 Å².